The fraction of sp³-hybridized carbons (Fsp3) is 0.211. The largest absolute Gasteiger partial charge is 0.468 e. The summed E-state index contributed by atoms with van der Waals surface area (Å²) in [4.78, 5) is 29.2. The zero-order valence-corrected chi connectivity index (χ0v) is 17.2. The van der Waals surface area contributed by atoms with E-state index in [0.29, 0.717) is 9.82 Å². The van der Waals surface area contributed by atoms with Gasteiger partial charge < -0.3 is 9.30 Å². The van der Waals surface area contributed by atoms with E-state index in [-0.39, 0.29) is 17.1 Å². The first-order valence-corrected chi connectivity index (χ1v) is 9.59. The van der Waals surface area contributed by atoms with Gasteiger partial charge in [0.1, 0.15) is 6.54 Å². The van der Waals surface area contributed by atoms with Crippen LogP contribution in [0.25, 0.3) is 10.2 Å². The second-order valence-electron chi connectivity index (χ2n) is 6.02. The number of benzene rings is 2. The fourth-order valence-electron chi connectivity index (χ4n) is 2.83. The molecule has 27 heavy (non-hydrogen) atoms. The van der Waals surface area contributed by atoms with Crippen molar-refractivity contribution in [1.29, 1.82) is 0 Å². The number of hydrogen-bond donors (Lipinski definition) is 0. The van der Waals surface area contributed by atoms with Gasteiger partial charge in [0.15, 0.2) is 4.80 Å². The van der Waals surface area contributed by atoms with E-state index in [1.54, 1.807) is 10.6 Å². The molecule has 0 bridgehead atoms. The van der Waals surface area contributed by atoms with Crippen molar-refractivity contribution in [3.8, 4) is 0 Å². The third kappa shape index (κ3) is 4.08. The summed E-state index contributed by atoms with van der Waals surface area (Å²) in [5.74, 6) is -0.927. The van der Waals surface area contributed by atoms with E-state index in [2.05, 4.69) is 4.99 Å². The first-order valence-electron chi connectivity index (χ1n) is 8.01. The number of methoxy groups -OCH3 is 1. The Morgan fingerprint density at radius 3 is 2.59 bits per heavy atom. The van der Waals surface area contributed by atoms with Crippen LogP contribution in [0.4, 0.5) is 0 Å². The van der Waals surface area contributed by atoms with Crippen LogP contribution >= 0.6 is 34.5 Å². The van der Waals surface area contributed by atoms with Crippen molar-refractivity contribution in [3.63, 3.8) is 0 Å². The molecule has 0 unspecified atom stereocenters. The summed E-state index contributed by atoms with van der Waals surface area (Å²) in [6.07, 6.45) is 0. The Balaban J connectivity index is 2.21. The number of rotatable bonds is 3. The lowest BCUT2D eigenvalue weighted by Crippen LogP contribution is -2.22. The second-order valence-corrected chi connectivity index (χ2v) is 7.87. The summed E-state index contributed by atoms with van der Waals surface area (Å²) in [5.41, 5.74) is 3.18. The Morgan fingerprint density at radius 2 is 1.93 bits per heavy atom. The van der Waals surface area contributed by atoms with Crippen LogP contribution in [-0.4, -0.2) is 23.6 Å². The van der Waals surface area contributed by atoms with Crippen LogP contribution in [0.5, 0.6) is 0 Å². The van der Waals surface area contributed by atoms with Crippen molar-refractivity contribution in [2.45, 2.75) is 20.4 Å². The van der Waals surface area contributed by atoms with Gasteiger partial charge in [0, 0.05) is 5.02 Å². The zero-order valence-electron chi connectivity index (χ0n) is 14.9. The van der Waals surface area contributed by atoms with E-state index in [4.69, 9.17) is 27.9 Å². The topological polar surface area (TPSA) is 60.7 Å². The van der Waals surface area contributed by atoms with Crippen LogP contribution in [0, 0.1) is 13.8 Å². The SMILES string of the molecule is COC(=O)Cn1c(=NC(=O)c2ccc(Cl)cc2Cl)sc2cc(C)cc(C)c21. The monoisotopic (exact) mass is 422 g/mol. The maximum Gasteiger partial charge on any atom is 0.325 e. The van der Waals surface area contributed by atoms with Crippen molar-refractivity contribution in [1.82, 2.24) is 4.57 Å². The molecule has 0 fully saturated rings. The number of amides is 1. The third-order valence-corrected chi connectivity index (χ3v) is 5.56. The summed E-state index contributed by atoms with van der Waals surface area (Å²) in [6.45, 7) is 3.91. The third-order valence-electron chi connectivity index (χ3n) is 3.99. The molecular weight excluding hydrogens is 407 g/mol. The standard InChI is InChI=1S/C19H16Cl2N2O3S/c1-10-6-11(2)17-15(7-10)27-19(23(17)9-16(24)26-3)22-18(25)13-5-4-12(20)8-14(13)21/h4-8H,9H2,1-3H3. The Hall–Kier alpha value is -2.15. The first kappa shape index (κ1) is 19.6. The maximum atomic E-state index is 12.7. The number of aryl methyl sites for hydroxylation is 2. The molecule has 0 aliphatic carbocycles. The average molecular weight is 423 g/mol. The van der Waals surface area contributed by atoms with E-state index < -0.39 is 11.9 Å². The molecule has 0 radical (unpaired) electrons. The number of halogens is 2. The number of hydrogen-bond acceptors (Lipinski definition) is 4. The molecule has 8 heteroatoms. The van der Waals surface area contributed by atoms with Crippen molar-refractivity contribution in [2.75, 3.05) is 7.11 Å². The number of carbonyl (C=O) groups excluding carboxylic acids is 2. The van der Waals surface area contributed by atoms with Gasteiger partial charge in [-0.3, -0.25) is 9.59 Å². The van der Waals surface area contributed by atoms with Gasteiger partial charge in [0.05, 0.1) is 27.9 Å². The van der Waals surface area contributed by atoms with E-state index >= 15 is 0 Å². The van der Waals surface area contributed by atoms with E-state index in [9.17, 15) is 9.59 Å². The van der Waals surface area contributed by atoms with Gasteiger partial charge in [-0.2, -0.15) is 4.99 Å². The van der Waals surface area contributed by atoms with Crippen molar-refractivity contribution in [3.05, 3.63) is 61.9 Å². The Morgan fingerprint density at radius 1 is 1.19 bits per heavy atom. The molecule has 1 heterocycles. The molecule has 2 aromatic carbocycles. The number of esters is 1. The van der Waals surface area contributed by atoms with E-state index in [1.807, 2.05) is 26.0 Å². The molecular formula is C19H16Cl2N2O3S. The molecule has 5 nitrogen and oxygen atoms in total. The Kier molecular flexibility index (Phi) is 5.69. The van der Waals surface area contributed by atoms with Gasteiger partial charge in [-0.25, -0.2) is 0 Å². The molecule has 0 saturated heterocycles. The molecule has 0 spiro atoms. The number of carbonyl (C=O) groups is 2. The van der Waals surface area contributed by atoms with Crippen LogP contribution in [0.2, 0.25) is 10.0 Å². The summed E-state index contributed by atoms with van der Waals surface area (Å²) in [5, 5.41) is 0.661. The van der Waals surface area contributed by atoms with Gasteiger partial charge in [-0.15, -0.1) is 0 Å². The highest BCUT2D eigenvalue weighted by atomic mass is 35.5. The summed E-state index contributed by atoms with van der Waals surface area (Å²) in [6, 6.07) is 8.62. The predicted molar refractivity (Wildman–Crippen MR) is 108 cm³/mol. The smallest absolute Gasteiger partial charge is 0.325 e. The molecule has 1 amide bonds. The number of ether oxygens (including phenoxy) is 1. The van der Waals surface area contributed by atoms with Crippen LogP contribution in [0.3, 0.4) is 0 Å². The lowest BCUT2D eigenvalue weighted by Gasteiger charge is -2.07. The Labute approximate surface area is 169 Å². The van der Waals surface area contributed by atoms with Crippen LogP contribution < -0.4 is 4.80 Å². The lowest BCUT2D eigenvalue weighted by atomic mass is 10.1. The van der Waals surface area contributed by atoms with Gasteiger partial charge in [0.25, 0.3) is 5.91 Å². The lowest BCUT2D eigenvalue weighted by molar-refractivity contribution is -0.141. The predicted octanol–water partition coefficient (Wildman–Crippen LogP) is 4.54. The van der Waals surface area contributed by atoms with E-state index in [1.165, 1.54) is 30.6 Å². The molecule has 0 N–H and O–H groups in total. The highest BCUT2D eigenvalue weighted by molar-refractivity contribution is 7.16. The van der Waals surface area contributed by atoms with Crippen LogP contribution in [0.1, 0.15) is 21.5 Å². The summed E-state index contributed by atoms with van der Waals surface area (Å²) < 4.78 is 7.43. The number of thiazole rings is 1. The van der Waals surface area contributed by atoms with Gasteiger partial charge in [0.2, 0.25) is 0 Å². The van der Waals surface area contributed by atoms with Crippen molar-refractivity contribution >= 4 is 56.6 Å². The van der Waals surface area contributed by atoms with Crippen LogP contribution in [0.15, 0.2) is 35.3 Å². The summed E-state index contributed by atoms with van der Waals surface area (Å²) in [7, 11) is 1.32. The van der Waals surface area contributed by atoms with Gasteiger partial charge in [-0.1, -0.05) is 40.6 Å². The highest BCUT2D eigenvalue weighted by Gasteiger charge is 2.15. The minimum atomic E-state index is -0.504. The zero-order chi connectivity index (χ0) is 19.7. The molecule has 3 aromatic rings. The molecule has 0 saturated carbocycles. The number of aromatic nitrogens is 1. The quantitative estimate of drug-likeness (QED) is 0.581. The molecule has 0 atom stereocenters. The molecule has 0 aliphatic heterocycles. The van der Waals surface area contributed by atoms with Gasteiger partial charge >= 0.3 is 5.97 Å². The molecule has 3 rings (SSSR count). The minimum Gasteiger partial charge on any atom is -0.468 e. The maximum absolute atomic E-state index is 12.7. The van der Waals surface area contributed by atoms with Crippen molar-refractivity contribution in [2.24, 2.45) is 4.99 Å². The van der Waals surface area contributed by atoms with Crippen LogP contribution in [-0.2, 0) is 16.1 Å². The minimum absolute atomic E-state index is 0.0408. The average Bonchev–Trinajstić information content (AvgIpc) is 2.91. The second kappa shape index (κ2) is 7.84. The first-order chi connectivity index (χ1) is 12.8. The molecule has 0 aliphatic rings. The normalized spacial score (nSPS) is 11.8. The fourth-order valence-corrected chi connectivity index (χ4v) is 4.52. The number of fused-ring (bicyclic) bond motifs is 1. The highest BCUT2D eigenvalue weighted by Crippen LogP contribution is 2.24. The van der Waals surface area contributed by atoms with Gasteiger partial charge in [-0.05, 0) is 49.2 Å². The van der Waals surface area contributed by atoms with Crippen molar-refractivity contribution < 1.29 is 14.3 Å². The molecule has 1 aromatic heterocycles. The summed E-state index contributed by atoms with van der Waals surface area (Å²) >= 11 is 13.3. The Bertz CT molecular complexity index is 1130. The number of nitrogens with zero attached hydrogens (tertiary/aromatic N) is 2. The van der Waals surface area contributed by atoms with E-state index in [0.717, 1.165) is 21.3 Å². The molecule has 140 valence electrons.